The van der Waals surface area contributed by atoms with Crippen LogP contribution in [0.1, 0.15) is 12.0 Å². The topological polar surface area (TPSA) is 87.4 Å². The first-order valence-electron chi connectivity index (χ1n) is 8.14. The maximum absolute atomic E-state index is 12.6. The van der Waals surface area contributed by atoms with Crippen LogP contribution in [0, 0.1) is 11.3 Å². The van der Waals surface area contributed by atoms with E-state index in [4.69, 9.17) is 5.26 Å². The first-order chi connectivity index (χ1) is 12.7. The van der Waals surface area contributed by atoms with Crippen LogP contribution in [0.15, 0.2) is 72.2 Å². The van der Waals surface area contributed by atoms with Crippen molar-refractivity contribution in [1.29, 1.82) is 5.26 Å². The lowest BCUT2D eigenvalue weighted by atomic mass is 9.91. The number of hydrogen-bond acceptors (Lipinski definition) is 4. The van der Waals surface area contributed by atoms with Gasteiger partial charge in [-0.1, -0.05) is 42.5 Å². The highest BCUT2D eigenvalue weighted by atomic mass is 16.1. The summed E-state index contributed by atoms with van der Waals surface area (Å²) in [6.07, 6.45) is 11.7. The molecule has 6 nitrogen and oxygen atoms in total. The quantitative estimate of drug-likeness (QED) is 0.742. The monoisotopic (exact) mass is 341 g/mol. The first kappa shape index (κ1) is 15.8. The third kappa shape index (κ3) is 2.38. The van der Waals surface area contributed by atoms with Crippen LogP contribution in [0.5, 0.6) is 0 Å². The van der Waals surface area contributed by atoms with Gasteiger partial charge in [-0.15, -0.1) is 6.58 Å². The number of benzene rings is 1. The summed E-state index contributed by atoms with van der Waals surface area (Å²) in [5.41, 5.74) is 1.97. The van der Waals surface area contributed by atoms with E-state index in [1.54, 1.807) is 29.0 Å². The summed E-state index contributed by atoms with van der Waals surface area (Å²) in [6, 6.07) is 9.18. The van der Waals surface area contributed by atoms with Crippen molar-refractivity contribution in [1.82, 2.24) is 19.5 Å². The molecule has 1 aliphatic rings. The zero-order valence-electron chi connectivity index (χ0n) is 13.9. The van der Waals surface area contributed by atoms with Gasteiger partial charge in [-0.3, -0.25) is 9.55 Å². The number of allylic oxidation sites excluding steroid dienone is 5. The van der Waals surface area contributed by atoms with Gasteiger partial charge in [0, 0.05) is 5.56 Å². The van der Waals surface area contributed by atoms with Gasteiger partial charge in [0.1, 0.15) is 0 Å². The third-order valence-corrected chi connectivity index (χ3v) is 4.55. The molecule has 0 aliphatic heterocycles. The van der Waals surface area contributed by atoms with E-state index in [2.05, 4.69) is 27.6 Å². The Kier molecular flexibility index (Phi) is 3.63. The number of nitrogens with zero attached hydrogens (tertiary/aromatic N) is 4. The van der Waals surface area contributed by atoms with E-state index in [1.807, 2.05) is 36.4 Å². The van der Waals surface area contributed by atoms with Crippen LogP contribution in [-0.2, 0) is 5.54 Å². The Balaban J connectivity index is 1.92. The summed E-state index contributed by atoms with van der Waals surface area (Å²) in [7, 11) is 0. The number of fused-ring (bicyclic) bond motifs is 1. The molecule has 0 saturated carbocycles. The summed E-state index contributed by atoms with van der Waals surface area (Å²) < 4.78 is 1.59. The van der Waals surface area contributed by atoms with Crippen molar-refractivity contribution in [2.24, 2.45) is 0 Å². The number of H-pyrrole nitrogens is 1. The number of hydrogen-bond donors (Lipinski definition) is 1. The number of nitriles is 1. The van der Waals surface area contributed by atoms with Crippen LogP contribution in [0.25, 0.3) is 22.6 Å². The molecule has 0 saturated heterocycles. The molecule has 0 spiro atoms. The molecular weight excluding hydrogens is 326 g/mol. The molecule has 0 fully saturated rings. The number of imidazole rings is 1. The standard InChI is InChI=1S/C20H15N5O/c1-2-20(10-4-3-5-11-20)25-18-17(24-19(25)26)22-13-16(23-18)15-8-6-14(12-21)7-9-15/h2-10,13H,1,11H2,(H,22,24,26)/t20-/m1/s1. The second-order valence-electron chi connectivity index (χ2n) is 6.07. The van der Waals surface area contributed by atoms with Gasteiger partial charge in [0.05, 0.1) is 29.1 Å². The largest absolute Gasteiger partial charge is 0.329 e. The normalized spacial score (nSPS) is 18.7. The molecule has 4 rings (SSSR count). The van der Waals surface area contributed by atoms with Gasteiger partial charge < -0.3 is 0 Å². The molecule has 0 unspecified atom stereocenters. The fourth-order valence-corrected chi connectivity index (χ4v) is 3.15. The van der Waals surface area contributed by atoms with Crippen LogP contribution in [-0.4, -0.2) is 19.5 Å². The minimum Gasteiger partial charge on any atom is -0.289 e. The van der Waals surface area contributed by atoms with Crippen molar-refractivity contribution in [2.75, 3.05) is 0 Å². The van der Waals surface area contributed by atoms with Gasteiger partial charge in [-0.2, -0.15) is 5.26 Å². The minimum absolute atomic E-state index is 0.281. The number of rotatable bonds is 3. The Morgan fingerprint density at radius 2 is 2.12 bits per heavy atom. The Hall–Kier alpha value is -3.72. The summed E-state index contributed by atoms with van der Waals surface area (Å²) in [5.74, 6) is 0. The van der Waals surface area contributed by atoms with E-state index in [9.17, 15) is 4.79 Å². The summed E-state index contributed by atoms with van der Waals surface area (Å²) in [5, 5.41) is 8.94. The second kappa shape index (κ2) is 5.97. The van der Waals surface area contributed by atoms with Gasteiger partial charge >= 0.3 is 5.69 Å². The zero-order chi connectivity index (χ0) is 18.1. The molecule has 3 aromatic rings. The van der Waals surface area contributed by atoms with Crippen LogP contribution in [0.3, 0.4) is 0 Å². The molecule has 1 aliphatic carbocycles. The molecule has 1 atom stereocenters. The van der Waals surface area contributed by atoms with Crippen molar-refractivity contribution in [3.8, 4) is 17.3 Å². The molecule has 0 bridgehead atoms. The zero-order valence-corrected chi connectivity index (χ0v) is 13.9. The predicted molar refractivity (Wildman–Crippen MR) is 99.4 cm³/mol. The van der Waals surface area contributed by atoms with Crippen molar-refractivity contribution >= 4 is 11.3 Å². The van der Waals surface area contributed by atoms with E-state index in [-0.39, 0.29) is 5.69 Å². The van der Waals surface area contributed by atoms with Crippen molar-refractivity contribution in [3.05, 3.63) is 83.5 Å². The molecule has 1 N–H and O–H groups in total. The molecular formula is C20H15N5O. The maximum Gasteiger partial charge on any atom is 0.329 e. The van der Waals surface area contributed by atoms with Gasteiger partial charge in [0.2, 0.25) is 0 Å². The average molecular weight is 341 g/mol. The first-order valence-corrected chi connectivity index (χ1v) is 8.14. The van der Waals surface area contributed by atoms with Gasteiger partial charge in [0.15, 0.2) is 11.3 Å². The van der Waals surface area contributed by atoms with Crippen molar-refractivity contribution in [2.45, 2.75) is 12.0 Å². The van der Waals surface area contributed by atoms with E-state index in [0.29, 0.717) is 29.0 Å². The fraction of sp³-hybridized carbons (Fsp3) is 0.100. The molecule has 0 amide bonds. The Morgan fingerprint density at radius 1 is 1.31 bits per heavy atom. The fourth-order valence-electron chi connectivity index (χ4n) is 3.15. The SMILES string of the molecule is C=C[C@@]1(n2c(=O)[nH]c3ncc(-c4ccc(C#N)cc4)nc32)C=CC=CC1. The molecule has 26 heavy (non-hydrogen) atoms. The van der Waals surface area contributed by atoms with Crippen LogP contribution < -0.4 is 5.69 Å². The summed E-state index contributed by atoms with van der Waals surface area (Å²) >= 11 is 0. The third-order valence-electron chi connectivity index (χ3n) is 4.55. The van der Waals surface area contributed by atoms with E-state index in [0.717, 1.165) is 5.56 Å². The summed E-state index contributed by atoms with van der Waals surface area (Å²) in [4.78, 5) is 24.4. The molecule has 1 aromatic carbocycles. The summed E-state index contributed by atoms with van der Waals surface area (Å²) in [6.45, 7) is 3.92. The Bertz CT molecular complexity index is 1160. The lowest BCUT2D eigenvalue weighted by Crippen LogP contribution is -2.37. The molecule has 6 heteroatoms. The molecule has 2 aromatic heterocycles. The smallest absolute Gasteiger partial charge is 0.289 e. The van der Waals surface area contributed by atoms with Crippen LogP contribution in [0.2, 0.25) is 0 Å². The molecule has 0 radical (unpaired) electrons. The van der Waals surface area contributed by atoms with Crippen LogP contribution in [0.4, 0.5) is 0 Å². The lowest BCUT2D eigenvalue weighted by Gasteiger charge is -2.28. The average Bonchev–Trinajstić information content (AvgIpc) is 3.04. The van der Waals surface area contributed by atoms with Crippen molar-refractivity contribution in [3.63, 3.8) is 0 Å². The Morgan fingerprint density at radius 3 is 2.77 bits per heavy atom. The maximum atomic E-state index is 12.6. The predicted octanol–water partition coefficient (Wildman–Crippen LogP) is 3.06. The van der Waals surface area contributed by atoms with E-state index >= 15 is 0 Å². The minimum atomic E-state index is -0.679. The van der Waals surface area contributed by atoms with Gasteiger partial charge in [-0.05, 0) is 18.6 Å². The lowest BCUT2D eigenvalue weighted by molar-refractivity contribution is 0.465. The molecule has 2 heterocycles. The van der Waals surface area contributed by atoms with Crippen LogP contribution >= 0.6 is 0 Å². The van der Waals surface area contributed by atoms with Crippen molar-refractivity contribution < 1.29 is 0 Å². The van der Waals surface area contributed by atoms with E-state index < -0.39 is 5.54 Å². The van der Waals surface area contributed by atoms with Gasteiger partial charge in [0.25, 0.3) is 0 Å². The molecule has 126 valence electrons. The second-order valence-corrected chi connectivity index (χ2v) is 6.07. The van der Waals surface area contributed by atoms with E-state index in [1.165, 1.54) is 0 Å². The number of aromatic amines is 1. The highest BCUT2D eigenvalue weighted by molar-refractivity contribution is 5.71. The number of nitrogens with one attached hydrogen (secondary N) is 1. The Labute approximate surface area is 149 Å². The van der Waals surface area contributed by atoms with Gasteiger partial charge in [-0.25, -0.2) is 14.8 Å². The highest BCUT2D eigenvalue weighted by Gasteiger charge is 2.30. The highest BCUT2D eigenvalue weighted by Crippen LogP contribution is 2.29. The number of aromatic nitrogens is 4.